The second-order valence-corrected chi connectivity index (χ2v) is 18.3. The van der Waals surface area contributed by atoms with Crippen LogP contribution in [0, 0.1) is 22.7 Å². The van der Waals surface area contributed by atoms with E-state index in [4.69, 9.17) is 0 Å². The molecular formula is C59H42N4. The number of rotatable bonds is 2. The highest BCUT2D eigenvalue weighted by Gasteiger charge is 2.40. The van der Waals surface area contributed by atoms with Crippen molar-refractivity contribution in [3.63, 3.8) is 0 Å². The van der Waals surface area contributed by atoms with Gasteiger partial charge in [0.15, 0.2) is 0 Å². The SMILES string of the molecule is C=C1C=CC2=C(C/C=C\C=C/1)c1c(ccc3c1c1ccccc1n3-c1cc(C#N)c(-n3c4ccccc4c4c5c(ccc43)C(C)(C)c3ccc4ccccc4c3-5)cc1C#N)C2(C)C. The van der Waals surface area contributed by atoms with Crippen LogP contribution in [-0.2, 0) is 10.8 Å². The van der Waals surface area contributed by atoms with E-state index in [0.29, 0.717) is 22.5 Å². The Bertz CT molecular complexity index is 3800. The standard InChI is InChI=1S/C59H42N4/c1-35-15-7-6-8-18-40-43(25-23-35)58(2,3)45-27-29-49-55(54(40)45)41-19-11-13-21-47(41)62(49)51-31-38(34-61)52(32-37(51)33-60)63-48-22-14-12-20-42(48)56-50(63)30-28-46-57(56)53-39-17-10-9-16-36(39)24-26-44(53)59(46,4)5/h6-17,19-32H,1,18H2,2-5H3/b8-6-,15-7-,25-23?. The van der Waals surface area contributed by atoms with Crippen LogP contribution in [0.3, 0.4) is 0 Å². The predicted octanol–water partition coefficient (Wildman–Crippen LogP) is 14.8. The van der Waals surface area contributed by atoms with E-state index in [9.17, 15) is 10.5 Å². The summed E-state index contributed by atoms with van der Waals surface area (Å²) in [4.78, 5) is 0. The molecule has 0 spiro atoms. The van der Waals surface area contributed by atoms with Gasteiger partial charge in [-0.05, 0) is 104 Å². The Morgan fingerprint density at radius 3 is 1.70 bits per heavy atom. The number of allylic oxidation sites excluding steroid dienone is 9. The minimum absolute atomic E-state index is 0.204. The Kier molecular flexibility index (Phi) is 7.64. The fourth-order valence-corrected chi connectivity index (χ4v) is 11.5. The van der Waals surface area contributed by atoms with Gasteiger partial charge >= 0.3 is 0 Å². The molecule has 2 aromatic heterocycles. The first-order valence-corrected chi connectivity index (χ1v) is 21.7. The van der Waals surface area contributed by atoms with Gasteiger partial charge in [-0.3, -0.25) is 0 Å². The van der Waals surface area contributed by atoms with Crippen molar-refractivity contribution in [1.29, 1.82) is 10.5 Å². The second-order valence-electron chi connectivity index (χ2n) is 18.3. The summed E-state index contributed by atoms with van der Waals surface area (Å²) in [7, 11) is 0. The molecule has 12 rings (SSSR count). The summed E-state index contributed by atoms with van der Waals surface area (Å²) in [6.07, 6.45) is 13.6. The maximum absolute atomic E-state index is 11.2. The van der Waals surface area contributed by atoms with Crippen molar-refractivity contribution in [1.82, 2.24) is 9.13 Å². The summed E-state index contributed by atoms with van der Waals surface area (Å²) >= 11 is 0. The fraction of sp³-hybridized carbons (Fsp3) is 0.119. The molecule has 0 unspecified atom stereocenters. The molecule has 0 saturated heterocycles. The van der Waals surface area contributed by atoms with E-state index >= 15 is 0 Å². The number of fused-ring (bicyclic) bond motifs is 15. The normalized spacial score (nSPS) is 16.9. The molecule has 2 heterocycles. The van der Waals surface area contributed by atoms with Crippen LogP contribution in [0.5, 0.6) is 0 Å². The molecule has 0 amide bonds. The number of hydrogen-bond donors (Lipinski definition) is 0. The summed E-state index contributed by atoms with van der Waals surface area (Å²) in [5.41, 5.74) is 17.1. The topological polar surface area (TPSA) is 57.4 Å². The summed E-state index contributed by atoms with van der Waals surface area (Å²) in [6.45, 7) is 13.5. The number of para-hydroxylation sites is 2. The van der Waals surface area contributed by atoms with Crippen molar-refractivity contribution in [3.8, 4) is 34.6 Å². The van der Waals surface area contributed by atoms with Gasteiger partial charge in [0.2, 0.25) is 0 Å². The third kappa shape index (κ3) is 4.90. The zero-order chi connectivity index (χ0) is 42.9. The van der Waals surface area contributed by atoms with Crippen molar-refractivity contribution in [2.24, 2.45) is 0 Å². The summed E-state index contributed by atoms with van der Waals surface area (Å²) in [6, 6.07) is 48.3. The Morgan fingerprint density at radius 1 is 0.524 bits per heavy atom. The van der Waals surface area contributed by atoms with Crippen LogP contribution in [-0.4, -0.2) is 9.13 Å². The molecule has 0 bridgehead atoms. The number of aromatic nitrogens is 2. The van der Waals surface area contributed by atoms with Crippen molar-refractivity contribution in [3.05, 3.63) is 209 Å². The average molecular weight is 807 g/mol. The van der Waals surface area contributed by atoms with Gasteiger partial charge in [0.1, 0.15) is 12.1 Å². The Labute approximate surface area is 366 Å². The van der Waals surface area contributed by atoms with Gasteiger partial charge in [-0.15, -0.1) is 0 Å². The first-order valence-electron chi connectivity index (χ1n) is 21.7. The molecule has 4 nitrogen and oxygen atoms in total. The largest absolute Gasteiger partial charge is 0.308 e. The van der Waals surface area contributed by atoms with E-state index in [1.54, 1.807) is 0 Å². The van der Waals surface area contributed by atoms with Crippen LogP contribution in [0.1, 0.15) is 67.5 Å². The van der Waals surface area contributed by atoms with Crippen molar-refractivity contribution in [2.75, 3.05) is 0 Å². The van der Waals surface area contributed by atoms with Crippen LogP contribution >= 0.6 is 0 Å². The molecule has 7 aromatic carbocycles. The zero-order valence-electron chi connectivity index (χ0n) is 35.7. The van der Waals surface area contributed by atoms with Crippen molar-refractivity contribution in [2.45, 2.75) is 44.9 Å². The van der Waals surface area contributed by atoms with Crippen LogP contribution in [0.15, 0.2) is 176 Å². The highest BCUT2D eigenvalue weighted by atomic mass is 15.0. The molecule has 63 heavy (non-hydrogen) atoms. The lowest BCUT2D eigenvalue weighted by molar-refractivity contribution is 0.654. The van der Waals surface area contributed by atoms with Crippen LogP contribution in [0.2, 0.25) is 0 Å². The molecule has 9 aromatic rings. The Morgan fingerprint density at radius 2 is 1.06 bits per heavy atom. The van der Waals surface area contributed by atoms with E-state index in [1.807, 2.05) is 18.2 Å². The van der Waals surface area contributed by atoms with Crippen LogP contribution in [0.25, 0.3) is 82.5 Å². The van der Waals surface area contributed by atoms with Gasteiger partial charge < -0.3 is 9.13 Å². The average Bonchev–Trinajstić information content (AvgIpc) is 3.96. The molecule has 298 valence electrons. The van der Waals surface area contributed by atoms with Crippen molar-refractivity contribution < 1.29 is 0 Å². The molecule has 0 atom stereocenters. The first kappa shape index (κ1) is 36.9. The van der Waals surface area contributed by atoms with E-state index in [-0.39, 0.29) is 10.8 Å². The number of benzene rings is 7. The molecule has 0 N–H and O–H groups in total. The van der Waals surface area contributed by atoms with Gasteiger partial charge in [0, 0.05) is 32.4 Å². The highest BCUT2D eigenvalue weighted by Crippen LogP contribution is 2.56. The fourth-order valence-electron chi connectivity index (χ4n) is 11.5. The minimum Gasteiger partial charge on any atom is -0.308 e. The number of nitriles is 2. The minimum atomic E-state index is -0.240. The lowest BCUT2D eigenvalue weighted by Gasteiger charge is -2.23. The van der Waals surface area contributed by atoms with Crippen LogP contribution in [0.4, 0.5) is 0 Å². The second kappa shape index (κ2) is 13.0. The zero-order valence-corrected chi connectivity index (χ0v) is 35.7. The predicted molar refractivity (Wildman–Crippen MR) is 261 cm³/mol. The first-order chi connectivity index (χ1) is 30.6. The van der Waals surface area contributed by atoms with Gasteiger partial charge in [-0.25, -0.2) is 0 Å². The Balaban J connectivity index is 1.13. The Hall–Kier alpha value is -7.92. The highest BCUT2D eigenvalue weighted by molar-refractivity contribution is 6.21. The third-order valence-electron chi connectivity index (χ3n) is 14.4. The van der Waals surface area contributed by atoms with E-state index < -0.39 is 0 Å². The lowest BCUT2D eigenvalue weighted by atomic mass is 9.80. The maximum atomic E-state index is 11.2. The van der Waals surface area contributed by atoms with E-state index in [1.165, 1.54) is 55.3 Å². The van der Waals surface area contributed by atoms with Gasteiger partial charge in [0.25, 0.3) is 0 Å². The molecule has 3 aliphatic carbocycles. The molecular weight excluding hydrogens is 765 g/mol. The molecule has 0 fully saturated rings. The van der Waals surface area contributed by atoms with E-state index in [0.717, 1.165) is 55.6 Å². The smallest absolute Gasteiger partial charge is 0.101 e. The quantitative estimate of drug-likeness (QED) is 0.175. The molecule has 3 aliphatic rings. The summed E-state index contributed by atoms with van der Waals surface area (Å²) < 4.78 is 4.42. The number of nitrogens with zero attached hydrogens (tertiary/aromatic N) is 4. The molecule has 4 heteroatoms. The molecule has 0 radical (unpaired) electrons. The van der Waals surface area contributed by atoms with Crippen LogP contribution < -0.4 is 0 Å². The molecule has 0 saturated carbocycles. The summed E-state index contributed by atoms with van der Waals surface area (Å²) in [5.74, 6) is 0. The summed E-state index contributed by atoms with van der Waals surface area (Å²) in [5, 5.41) is 29.4. The van der Waals surface area contributed by atoms with E-state index in [2.05, 4.69) is 195 Å². The van der Waals surface area contributed by atoms with Gasteiger partial charge in [-0.1, -0.05) is 156 Å². The monoisotopic (exact) mass is 806 g/mol. The van der Waals surface area contributed by atoms with Gasteiger partial charge in [0.05, 0.1) is 44.6 Å². The third-order valence-corrected chi connectivity index (χ3v) is 14.4. The maximum Gasteiger partial charge on any atom is 0.101 e. The molecule has 0 aliphatic heterocycles. The van der Waals surface area contributed by atoms with Gasteiger partial charge in [-0.2, -0.15) is 10.5 Å². The number of hydrogen-bond acceptors (Lipinski definition) is 2. The van der Waals surface area contributed by atoms with Crippen molar-refractivity contribution >= 4 is 60.0 Å². The lowest BCUT2D eigenvalue weighted by Crippen LogP contribution is -2.16.